The highest BCUT2D eigenvalue weighted by atomic mass is 79.9. The van der Waals surface area contributed by atoms with Gasteiger partial charge in [-0.3, -0.25) is 4.68 Å². The third-order valence-electron chi connectivity index (χ3n) is 5.07. The van der Waals surface area contributed by atoms with Crippen molar-refractivity contribution in [1.29, 1.82) is 0 Å². The molecule has 0 saturated heterocycles. The van der Waals surface area contributed by atoms with Crippen LogP contribution in [0, 0.1) is 15.9 Å². The third kappa shape index (κ3) is 4.85. The Morgan fingerprint density at radius 1 is 1.24 bits per heavy atom. The van der Waals surface area contributed by atoms with Crippen LogP contribution in [-0.2, 0) is 13.0 Å². The van der Waals surface area contributed by atoms with E-state index >= 15 is 0 Å². The molecule has 1 unspecified atom stereocenters. The molecular weight excluding hydrogens is 577 g/mol. The Bertz CT molecular complexity index is 1360. The molecule has 10 nitrogen and oxygen atoms in total. The van der Waals surface area contributed by atoms with Gasteiger partial charge >= 0.3 is 5.82 Å². The Hall–Kier alpha value is -3.19. The van der Waals surface area contributed by atoms with Crippen molar-refractivity contribution in [2.75, 3.05) is 0 Å². The van der Waals surface area contributed by atoms with E-state index in [-0.39, 0.29) is 5.75 Å². The number of nitrogens with zero attached hydrogens (tertiary/aromatic N) is 7. The molecule has 0 spiro atoms. The zero-order chi connectivity index (χ0) is 24.4. The van der Waals surface area contributed by atoms with E-state index in [9.17, 15) is 14.5 Å². The largest absolute Gasteiger partial charge is 0.478 e. The van der Waals surface area contributed by atoms with Gasteiger partial charge in [-0.25, -0.2) is 9.07 Å². The highest BCUT2D eigenvalue weighted by Gasteiger charge is 2.23. The molecule has 4 aromatic rings. The van der Waals surface area contributed by atoms with E-state index in [1.165, 1.54) is 24.4 Å². The number of pyridine rings is 1. The number of nitro groups is 1. The molecule has 0 bridgehead atoms. The van der Waals surface area contributed by atoms with E-state index in [0.717, 1.165) is 15.9 Å². The predicted octanol–water partition coefficient (Wildman–Crippen LogP) is 5.18. The monoisotopic (exact) mass is 593 g/mol. The number of benzene rings is 1. The summed E-state index contributed by atoms with van der Waals surface area (Å²) >= 11 is 6.81. The Labute approximate surface area is 210 Å². The van der Waals surface area contributed by atoms with Gasteiger partial charge < -0.3 is 14.9 Å². The maximum absolute atomic E-state index is 14.3. The highest BCUT2D eigenvalue weighted by Crippen LogP contribution is 2.34. The number of ether oxygens (including phenoxy) is 1. The van der Waals surface area contributed by atoms with Crippen LogP contribution < -0.4 is 4.74 Å². The van der Waals surface area contributed by atoms with Crippen LogP contribution in [0.2, 0.25) is 0 Å². The van der Waals surface area contributed by atoms with Crippen LogP contribution in [0.15, 0.2) is 51.9 Å². The van der Waals surface area contributed by atoms with Gasteiger partial charge in [0.1, 0.15) is 16.5 Å². The number of hydrogen-bond donors (Lipinski definition) is 0. The molecule has 0 aliphatic heterocycles. The Morgan fingerprint density at radius 2 is 2.03 bits per heavy atom. The quantitative estimate of drug-likeness (QED) is 0.204. The first-order valence-corrected chi connectivity index (χ1v) is 11.7. The molecule has 0 aliphatic carbocycles. The van der Waals surface area contributed by atoms with Crippen LogP contribution in [0.1, 0.15) is 36.8 Å². The van der Waals surface area contributed by atoms with Gasteiger partial charge in [0.25, 0.3) is 0 Å². The molecule has 1 aromatic carbocycles. The smallest absolute Gasteiger partial charge is 0.406 e. The molecule has 0 radical (unpaired) electrons. The van der Waals surface area contributed by atoms with Crippen molar-refractivity contribution in [2.45, 2.75) is 32.9 Å². The number of halogens is 3. The summed E-state index contributed by atoms with van der Waals surface area (Å²) in [6, 6.07) is 5.64. The second-order valence-electron chi connectivity index (χ2n) is 7.29. The molecule has 34 heavy (non-hydrogen) atoms. The van der Waals surface area contributed by atoms with Crippen LogP contribution in [0.25, 0.3) is 5.69 Å². The van der Waals surface area contributed by atoms with Gasteiger partial charge in [0.2, 0.25) is 5.75 Å². The van der Waals surface area contributed by atoms with Crippen molar-refractivity contribution in [3.05, 3.63) is 84.7 Å². The minimum absolute atomic E-state index is 0.0446. The van der Waals surface area contributed by atoms with Crippen molar-refractivity contribution in [2.24, 2.45) is 0 Å². The standard InChI is InChI=1S/C21H18Br2FN7O3/c1-3-29-20(23)13(9-27-29)6-16-11-26-28-30(16)18-5-4-15(24)8-17(18)12(2)34-19-7-14(22)10-25-21(19)31(32)33/h4-5,7-12H,3,6H2,1-2H3. The van der Waals surface area contributed by atoms with Crippen molar-refractivity contribution in [3.8, 4) is 11.4 Å². The average molecular weight is 595 g/mol. The molecule has 1 atom stereocenters. The Morgan fingerprint density at radius 3 is 2.74 bits per heavy atom. The molecule has 0 fully saturated rings. The first-order chi connectivity index (χ1) is 16.3. The maximum atomic E-state index is 14.3. The summed E-state index contributed by atoms with van der Waals surface area (Å²) in [5.74, 6) is -0.964. The number of aryl methyl sites for hydroxylation is 1. The molecule has 3 heterocycles. The maximum Gasteiger partial charge on any atom is 0.406 e. The first-order valence-electron chi connectivity index (χ1n) is 10.1. The van der Waals surface area contributed by atoms with Crippen molar-refractivity contribution < 1.29 is 14.1 Å². The third-order valence-corrected chi connectivity index (χ3v) is 6.42. The summed E-state index contributed by atoms with van der Waals surface area (Å²) in [6.07, 6.45) is 4.40. The topological polar surface area (TPSA) is 114 Å². The SMILES string of the molecule is CCn1ncc(Cc2cnnn2-c2ccc(F)cc2C(C)Oc2cc(Br)cnc2[N+](=O)[O-])c1Br. The average Bonchev–Trinajstić information content (AvgIpc) is 3.40. The fourth-order valence-electron chi connectivity index (χ4n) is 3.46. The van der Waals surface area contributed by atoms with Gasteiger partial charge in [0.05, 0.1) is 28.2 Å². The lowest BCUT2D eigenvalue weighted by Crippen LogP contribution is -2.12. The molecule has 0 saturated carbocycles. The minimum Gasteiger partial charge on any atom is -0.478 e. The summed E-state index contributed by atoms with van der Waals surface area (Å²) in [4.78, 5) is 14.6. The molecule has 176 valence electrons. The summed E-state index contributed by atoms with van der Waals surface area (Å²) in [5, 5.41) is 24.0. The summed E-state index contributed by atoms with van der Waals surface area (Å²) in [7, 11) is 0. The van der Waals surface area contributed by atoms with E-state index in [4.69, 9.17) is 4.74 Å². The van der Waals surface area contributed by atoms with Gasteiger partial charge in [-0.15, -0.1) is 5.10 Å². The molecule has 0 N–H and O–H groups in total. The Balaban J connectivity index is 1.71. The van der Waals surface area contributed by atoms with E-state index in [0.29, 0.717) is 28.7 Å². The van der Waals surface area contributed by atoms with Crippen molar-refractivity contribution >= 4 is 37.7 Å². The molecule has 13 heteroatoms. The highest BCUT2D eigenvalue weighted by molar-refractivity contribution is 9.10. The number of hydrogen-bond acceptors (Lipinski definition) is 7. The fourth-order valence-corrected chi connectivity index (χ4v) is 4.35. The molecule has 4 rings (SSSR count). The lowest BCUT2D eigenvalue weighted by molar-refractivity contribution is -0.390. The van der Waals surface area contributed by atoms with Crippen LogP contribution >= 0.6 is 31.9 Å². The molecule has 3 aromatic heterocycles. The van der Waals surface area contributed by atoms with Crippen molar-refractivity contribution in [3.63, 3.8) is 0 Å². The van der Waals surface area contributed by atoms with Crippen LogP contribution in [0.3, 0.4) is 0 Å². The second-order valence-corrected chi connectivity index (χ2v) is 8.95. The lowest BCUT2D eigenvalue weighted by Gasteiger charge is -2.19. The van der Waals surface area contributed by atoms with E-state index in [1.54, 1.807) is 30.1 Å². The number of rotatable bonds is 8. The minimum atomic E-state index is -0.771. The zero-order valence-corrected chi connectivity index (χ0v) is 21.2. The van der Waals surface area contributed by atoms with E-state index < -0.39 is 22.7 Å². The number of aromatic nitrogens is 6. The van der Waals surface area contributed by atoms with Gasteiger partial charge in [-0.1, -0.05) is 5.21 Å². The van der Waals surface area contributed by atoms with Crippen LogP contribution in [0.5, 0.6) is 5.75 Å². The summed E-state index contributed by atoms with van der Waals surface area (Å²) in [6.45, 7) is 4.37. The lowest BCUT2D eigenvalue weighted by atomic mass is 10.1. The van der Waals surface area contributed by atoms with E-state index in [2.05, 4.69) is 52.3 Å². The second kappa shape index (κ2) is 9.97. The van der Waals surface area contributed by atoms with Gasteiger partial charge in [0.15, 0.2) is 6.20 Å². The molecular formula is C21H18Br2FN7O3. The zero-order valence-electron chi connectivity index (χ0n) is 18.0. The van der Waals surface area contributed by atoms with Crippen LogP contribution in [0.4, 0.5) is 10.2 Å². The van der Waals surface area contributed by atoms with Gasteiger partial charge in [-0.2, -0.15) is 5.10 Å². The summed E-state index contributed by atoms with van der Waals surface area (Å²) < 4.78 is 24.9. The van der Waals surface area contributed by atoms with Gasteiger partial charge in [0, 0.05) is 30.2 Å². The normalized spacial score (nSPS) is 12.0. The summed E-state index contributed by atoms with van der Waals surface area (Å²) in [5.41, 5.74) is 2.65. The predicted molar refractivity (Wildman–Crippen MR) is 127 cm³/mol. The van der Waals surface area contributed by atoms with Crippen LogP contribution in [-0.4, -0.2) is 34.7 Å². The first kappa shape index (κ1) is 24.0. The van der Waals surface area contributed by atoms with Crippen molar-refractivity contribution in [1.82, 2.24) is 29.8 Å². The fraction of sp³-hybridized carbons (Fsp3) is 0.238. The van der Waals surface area contributed by atoms with E-state index in [1.807, 2.05) is 11.6 Å². The Kier molecular flexibility index (Phi) is 7.03. The molecule has 0 aliphatic rings. The molecule has 0 amide bonds. The van der Waals surface area contributed by atoms with Gasteiger partial charge in [-0.05, 0) is 73.8 Å².